The van der Waals surface area contributed by atoms with Gasteiger partial charge in [0.2, 0.25) is 0 Å². The van der Waals surface area contributed by atoms with Crippen LogP contribution in [0.4, 0.5) is 8.78 Å². The van der Waals surface area contributed by atoms with Crippen molar-refractivity contribution in [2.24, 2.45) is 0 Å². The van der Waals surface area contributed by atoms with Crippen LogP contribution in [0, 0.1) is 10.6 Å². The highest BCUT2D eigenvalue weighted by molar-refractivity contribution is 14.1. The quantitative estimate of drug-likeness (QED) is 0.477. The fourth-order valence-corrected chi connectivity index (χ4v) is 1.65. The van der Waals surface area contributed by atoms with Crippen molar-refractivity contribution < 1.29 is 13.6 Å². The van der Waals surface area contributed by atoms with Crippen LogP contribution < -0.4 is 0 Å². The second-order valence-electron chi connectivity index (χ2n) is 2.48. The first-order valence-electron chi connectivity index (χ1n) is 3.46. The van der Waals surface area contributed by atoms with Gasteiger partial charge < -0.3 is 0 Å². The highest BCUT2D eigenvalue weighted by Crippen LogP contribution is 2.27. The summed E-state index contributed by atoms with van der Waals surface area (Å²) in [6.45, 7) is 1.58. The van der Waals surface area contributed by atoms with Gasteiger partial charge in [0.15, 0.2) is 6.29 Å². The van der Waals surface area contributed by atoms with E-state index in [-0.39, 0.29) is 14.8 Å². The van der Waals surface area contributed by atoms with Gasteiger partial charge in [0.05, 0.1) is 5.56 Å². The van der Waals surface area contributed by atoms with Gasteiger partial charge in [-0.2, -0.15) is 0 Å². The minimum atomic E-state index is -2.65. The number of aryl methyl sites for hydroxylation is 1. The van der Waals surface area contributed by atoms with Crippen LogP contribution in [0.1, 0.15) is 27.9 Å². The van der Waals surface area contributed by atoms with E-state index in [1.807, 2.05) is 0 Å². The van der Waals surface area contributed by atoms with Crippen molar-refractivity contribution in [3.05, 3.63) is 26.6 Å². The molecule has 0 atom stereocenters. The average Bonchev–Trinajstić information content (AvgIpc) is 2.07. The lowest BCUT2D eigenvalue weighted by molar-refractivity contribution is 0.110. The molecule has 1 heterocycles. The van der Waals surface area contributed by atoms with Crippen molar-refractivity contribution in [2.75, 3.05) is 0 Å². The number of carbonyl (C=O) groups excluding carboxylic acids is 1. The summed E-state index contributed by atoms with van der Waals surface area (Å²) in [7, 11) is 0. The zero-order chi connectivity index (χ0) is 10.0. The number of hydrogen-bond donors (Lipinski definition) is 0. The molecule has 1 rings (SSSR count). The first-order chi connectivity index (χ1) is 6.07. The molecule has 0 aromatic carbocycles. The third-order valence-corrected chi connectivity index (χ3v) is 2.50. The van der Waals surface area contributed by atoms with Crippen molar-refractivity contribution >= 4 is 28.9 Å². The maximum atomic E-state index is 12.5. The zero-order valence-electron chi connectivity index (χ0n) is 6.72. The average molecular weight is 297 g/mol. The van der Waals surface area contributed by atoms with E-state index in [0.717, 1.165) is 0 Å². The minimum absolute atomic E-state index is 0.0504. The van der Waals surface area contributed by atoms with Crippen LogP contribution in [0.2, 0.25) is 0 Å². The topological polar surface area (TPSA) is 30.0 Å². The Labute approximate surface area is 87.5 Å². The Bertz CT molecular complexity index is 341. The van der Waals surface area contributed by atoms with E-state index in [1.54, 1.807) is 29.5 Å². The standard InChI is InChI=1S/C8H6F2INO/c1-4-2-12-8(11)6(7(9)10)5(4)3-13/h2-3,7H,1H3. The van der Waals surface area contributed by atoms with Gasteiger partial charge in [-0.05, 0) is 35.1 Å². The third kappa shape index (κ3) is 2.01. The van der Waals surface area contributed by atoms with E-state index < -0.39 is 6.43 Å². The van der Waals surface area contributed by atoms with Crippen molar-refractivity contribution in [1.29, 1.82) is 0 Å². The number of nitrogens with zero attached hydrogens (tertiary/aromatic N) is 1. The van der Waals surface area contributed by atoms with Crippen LogP contribution in [0.3, 0.4) is 0 Å². The molecular weight excluding hydrogens is 291 g/mol. The molecule has 0 fully saturated rings. The third-order valence-electron chi connectivity index (χ3n) is 1.64. The van der Waals surface area contributed by atoms with E-state index in [0.29, 0.717) is 11.8 Å². The first-order valence-corrected chi connectivity index (χ1v) is 4.54. The lowest BCUT2D eigenvalue weighted by atomic mass is 10.1. The summed E-state index contributed by atoms with van der Waals surface area (Å²) in [4.78, 5) is 14.3. The summed E-state index contributed by atoms with van der Waals surface area (Å²) in [6.07, 6.45) is -0.794. The molecule has 0 saturated carbocycles. The maximum absolute atomic E-state index is 12.5. The van der Waals surface area contributed by atoms with Gasteiger partial charge in [0, 0.05) is 11.8 Å². The van der Waals surface area contributed by atoms with Crippen LogP contribution in [-0.2, 0) is 0 Å². The molecule has 0 spiro atoms. The molecule has 2 nitrogen and oxygen atoms in total. The smallest absolute Gasteiger partial charge is 0.267 e. The van der Waals surface area contributed by atoms with Crippen LogP contribution in [-0.4, -0.2) is 11.3 Å². The lowest BCUT2D eigenvalue weighted by Crippen LogP contribution is -2.02. The predicted molar refractivity (Wildman–Crippen MR) is 52.0 cm³/mol. The molecule has 5 heteroatoms. The number of aromatic nitrogens is 1. The highest BCUT2D eigenvalue weighted by Gasteiger charge is 2.18. The molecule has 0 N–H and O–H groups in total. The molecule has 0 aliphatic rings. The lowest BCUT2D eigenvalue weighted by Gasteiger charge is -2.07. The van der Waals surface area contributed by atoms with E-state index in [9.17, 15) is 13.6 Å². The van der Waals surface area contributed by atoms with Gasteiger partial charge >= 0.3 is 0 Å². The number of rotatable bonds is 2. The number of pyridine rings is 1. The molecule has 13 heavy (non-hydrogen) atoms. The van der Waals surface area contributed by atoms with Crippen molar-refractivity contribution in [3.8, 4) is 0 Å². The van der Waals surface area contributed by atoms with Crippen LogP contribution in [0.15, 0.2) is 6.20 Å². The molecule has 0 radical (unpaired) electrons. The molecule has 70 valence electrons. The molecule has 0 saturated heterocycles. The van der Waals surface area contributed by atoms with Crippen LogP contribution >= 0.6 is 22.6 Å². The fourth-order valence-electron chi connectivity index (χ4n) is 0.980. The van der Waals surface area contributed by atoms with Crippen molar-refractivity contribution in [2.45, 2.75) is 13.3 Å². The molecule has 0 unspecified atom stereocenters. The summed E-state index contributed by atoms with van der Waals surface area (Å²) < 4.78 is 25.1. The summed E-state index contributed by atoms with van der Waals surface area (Å²) in [5.74, 6) is 0. The van der Waals surface area contributed by atoms with Crippen molar-refractivity contribution in [1.82, 2.24) is 4.98 Å². The molecule has 0 aliphatic heterocycles. The Hall–Kier alpha value is -0.590. The molecule has 1 aromatic heterocycles. The maximum Gasteiger partial charge on any atom is 0.267 e. The summed E-state index contributed by atoms with van der Waals surface area (Å²) in [5, 5.41) is 0. The SMILES string of the molecule is Cc1cnc(I)c(C(F)F)c1C=O. The Morgan fingerprint density at radius 3 is 2.62 bits per heavy atom. The summed E-state index contributed by atoms with van der Waals surface area (Å²) in [6, 6.07) is 0. The van der Waals surface area contributed by atoms with Gasteiger partial charge in [0.1, 0.15) is 3.70 Å². The van der Waals surface area contributed by atoms with E-state index in [2.05, 4.69) is 4.98 Å². The van der Waals surface area contributed by atoms with Crippen LogP contribution in [0.25, 0.3) is 0 Å². The molecule has 0 amide bonds. The Kier molecular flexibility index (Phi) is 3.29. The summed E-state index contributed by atoms with van der Waals surface area (Å²) >= 11 is 1.69. The van der Waals surface area contributed by atoms with Gasteiger partial charge in [-0.1, -0.05) is 0 Å². The number of alkyl halides is 2. The number of halogens is 3. The van der Waals surface area contributed by atoms with E-state index in [1.165, 1.54) is 6.20 Å². The van der Waals surface area contributed by atoms with Crippen molar-refractivity contribution in [3.63, 3.8) is 0 Å². The van der Waals surface area contributed by atoms with Gasteiger partial charge in [-0.25, -0.2) is 13.8 Å². The first kappa shape index (κ1) is 10.5. The highest BCUT2D eigenvalue weighted by atomic mass is 127. The molecule has 0 aliphatic carbocycles. The molecular formula is C8H6F2INO. The number of carbonyl (C=O) groups is 1. The van der Waals surface area contributed by atoms with Gasteiger partial charge in [-0.3, -0.25) is 4.79 Å². The second-order valence-corrected chi connectivity index (χ2v) is 3.50. The Morgan fingerprint density at radius 2 is 2.23 bits per heavy atom. The molecule has 1 aromatic rings. The normalized spacial score (nSPS) is 10.5. The van der Waals surface area contributed by atoms with Gasteiger partial charge in [0.25, 0.3) is 6.43 Å². The van der Waals surface area contributed by atoms with Crippen LogP contribution in [0.5, 0.6) is 0 Å². The Morgan fingerprint density at radius 1 is 1.62 bits per heavy atom. The largest absolute Gasteiger partial charge is 0.298 e. The van der Waals surface area contributed by atoms with E-state index in [4.69, 9.17) is 0 Å². The monoisotopic (exact) mass is 297 g/mol. The minimum Gasteiger partial charge on any atom is -0.298 e. The summed E-state index contributed by atoms with van der Waals surface area (Å²) in [5.41, 5.74) is 0.260. The zero-order valence-corrected chi connectivity index (χ0v) is 8.88. The number of aldehydes is 1. The van der Waals surface area contributed by atoms with E-state index >= 15 is 0 Å². The fraction of sp³-hybridized carbons (Fsp3) is 0.250. The predicted octanol–water partition coefficient (Wildman–Crippen LogP) is 2.74. The van der Waals surface area contributed by atoms with Gasteiger partial charge in [-0.15, -0.1) is 0 Å². The second kappa shape index (κ2) is 4.08. The Balaban J connectivity index is 3.43. The molecule has 0 bridgehead atoms. The number of hydrogen-bond acceptors (Lipinski definition) is 2.